The minimum Gasteiger partial charge on any atom is -1.00 e. The van der Waals surface area contributed by atoms with Crippen LogP contribution in [0, 0.1) is 50.4 Å². The molecule has 0 nitrogen and oxygen atoms in total. The second-order valence-corrected chi connectivity index (χ2v) is 8.95. The summed E-state index contributed by atoms with van der Waals surface area (Å²) in [6.45, 7) is 16.4. The molecule has 0 saturated heterocycles. The standard InChI is InChI=1S/2C11H15.C6H12.2ClH.Zr/c2*1-8-6-7-9(2)11-5-3-4-10(8)11;1-3-5-6-4-2;;;/h2*4,6-7,10-11H,3,5H2,1-2H3;1-6H2;2*1H;/q2*-1;-2;;;+2/p-2. The zero-order valence-electron chi connectivity index (χ0n) is 20.1. The van der Waals surface area contributed by atoms with E-state index in [4.69, 9.17) is 0 Å². The van der Waals surface area contributed by atoms with E-state index in [1.54, 1.807) is 22.3 Å². The van der Waals surface area contributed by atoms with Crippen LogP contribution in [-0.4, -0.2) is 0 Å². The van der Waals surface area contributed by atoms with Gasteiger partial charge in [-0.1, -0.05) is 72.3 Å². The monoisotopic (exact) mass is 538 g/mol. The first-order valence-electron chi connectivity index (χ1n) is 11.4. The van der Waals surface area contributed by atoms with Crippen molar-refractivity contribution in [3.8, 4) is 0 Å². The summed E-state index contributed by atoms with van der Waals surface area (Å²) in [5, 5.41) is 0. The summed E-state index contributed by atoms with van der Waals surface area (Å²) in [6, 6.07) is 0. The van der Waals surface area contributed by atoms with Crippen molar-refractivity contribution in [2.45, 2.75) is 79.1 Å². The molecule has 4 rings (SSSR count). The van der Waals surface area contributed by atoms with Gasteiger partial charge in [-0.3, -0.25) is 0 Å². The van der Waals surface area contributed by atoms with E-state index in [0.29, 0.717) is 0 Å². The number of halogens is 2. The van der Waals surface area contributed by atoms with Crippen LogP contribution in [0.3, 0.4) is 0 Å². The summed E-state index contributed by atoms with van der Waals surface area (Å²) in [5.41, 5.74) is 6.26. The van der Waals surface area contributed by atoms with E-state index >= 15 is 0 Å². The Bertz CT molecular complexity index is 513. The topological polar surface area (TPSA) is 0 Å². The Morgan fingerprint density at radius 3 is 1.29 bits per heavy atom. The molecule has 0 radical (unpaired) electrons. The summed E-state index contributed by atoms with van der Waals surface area (Å²) in [6.07, 6.45) is 24.1. The van der Waals surface area contributed by atoms with Gasteiger partial charge in [0.15, 0.2) is 0 Å². The average molecular weight is 541 g/mol. The van der Waals surface area contributed by atoms with Crippen LogP contribution >= 0.6 is 0 Å². The molecule has 2 saturated carbocycles. The number of rotatable bonds is 3. The van der Waals surface area contributed by atoms with Crippen molar-refractivity contribution in [3.63, 3.8) is 0 Å². The molecule has 0 spiro atoms. The van der Waals surface area contributed by atoms with Gasteiger partial charge in [0.05, 0.1) is 0 Å². The van der Waals surface area contributed by atoms with Gasteiger partial charge in [0.25, 0.3) is 0 Å². The third-order valence-electron chi connectivity index (χ3n) is 6.85. The fourth-order valence-electron chi connectivity index (χ4n) is 4.98. The van der Waals surface area contributed by atoms with E-state index in [9.17, 15) is 0 Å². The van der Waals surface area contributed by atoms with E-state index in [0.717, 1.165) is 36.5 Å². The third kappa shape index (κ3) is 10.1. The molecule has 4 atom stereocenters. The predicted molar refractivity (Wildman–Crippen MR) is 125 cm³/mol. The van der Waals surface area contributed by atoms with E-state index < -0.39 is 0 Å². The summed E-state index contributed by atoms with van der Waals surface area (Å²) in [5.74, 6) is 3.25. The molecule has 4 unspecified atom stereocenters. The number of unbranched alkanes of at least 4 members (excludes halogenated alkanes) is 3. The second kappa shape index (κ2) is 17.8. The largest absolute Gasteiger partial charge is 2.00 e. The van der Waals surface area contributed by atoms with Gasteiger partial charge in [0.1, 0.15) is 0 Å². The van der Waals surface area contributed by atoms with E-state index in [1.165, 1.54) is 38.5 Å². The van der Waals surface area contributed by atoms with E-state index in [2.05, 4.69) is 78.7 Å². The molecule has 0 aliphatic heterocycles. The maximum atomic E-state index is 3.70. The molecule has 0 N–H and O–H groups in total. The van der Waals surface area contributed by atoms with Crippen molar-refractivity contribution < 1.29 is 51.0 Å². The molecule has 0 amide bonds. The molecular formula is C28H42Cl2Zr-4. The minimum atomic E-state index is 0. The van der Waals surface area contributed by atoms with Crippen molar-refractivity contribution >= 4 is 0 Å². The molecule has 0 aromatic rings. The zero-order chi connectivity index (χ0) is 20.5. The maximum absolute atomic E-state index is 3.70. The summed E-state index contributed by atoms with van der Waals surface area (Å²) in [7, 11) is 0. The van der Waals surface area contributed by atoms with Crippen LogP contribution in [0.15, 0.2) is 46.6 Å². The van der Waals surface area contributed by atoms with Crippen LogP contribution in [0.4, 0.5) is 0 Å². The molecule has 2 fully saturated rings. The van der Waals surface area contributed by atoms with Gasteiger partial charge in [0, 0.05) is 0 Å². The molecule has 0 aromatic carbocycles. The van der Waals surface area contributed by atoms with E-state index in [1.807, 2.05) is 0 Å². The summed E-state index contributed by atoms with van der Waals surface area (Å²) in [4.78, 5) is 0. The fraction of sp³-hybridized carbons (Fsp3) is 0.571. The van der Waals surface area contributed by atoms with Gasteiger partial charge < -0.3 is 51.5 Å². The molecule has 176 valence electrons. The summed E-state index contributed by atoms with van der Waals surface area (Å²) >= 11 is 0. The van der Waals surface area contributed by atoms with Crippen molar-refractivity contribution in [2.24, 2.45) is 23.7 Å². The number of fused-ring (bicyclic) bond motifs is 2. The Morgan fingerprint density at radius 2 is 1.00 bits per heavy atom. The Morgan fingerprint density at radius 1 is 0.677 bits per heavy atom. The van der Waals surface area contributed by atoms with Crippen molar-refractivity contribution in [2.75, 3.05) is 0 Å². The SMILES string of the molecule is CC1=CC=C(C)C2CC[CH-]C12.CC1=CC=C(C)C2CC[CH-]C12.[CH2-]CCCC[CH2-].[Cl-].[Cl-].[Zr+2]. The molecule has 4 aliphatic carbocycles. The van der Waals surface area contributed by atoms with Crippen LogP contribution in [0.1, 0.15) is 79.1 Å². The molecule has 4 aliphatic rings. The zero-order valence-corrected chi connectivity index (χ0v) is 24.1. The number of hydrogen-bond donors (Lipinski definition) is 0. The molecule has 3 heteroatoms. The molecule has 0 bridgehead atoms. The van der Waals surface area contributed by atoms with Gasteiger partial charge in [-0.25, -0.2) is 0 Å². The van der Waals surface area contributed by atoms with Gasteiger partial charge in [-0.2, -0.15) is 25.7 Å². The van der Waals surface area contributed by atoms with Crippen LogP contribution in [0.5, 0.6) is 0 Å². The van der Waals surface area contributed by atoms with Crippen LogP contribution < -0.4 is 24.8 Å². The van der Waals surface area contributed by atoms with Crippen molar-refractivity contribution in [3.05, 3.63) is 73.3 Å². The van der Waals surface area contributed by atoms with Gasteiger partial charge >= 0.3 is 26.2 Å². The van der Waals surface area contributed by atoms with Crippen molar-refractivity contribution in [1.82, 2.24) is 0 Å². The molecular weight excluding hydrogens is 498 g/mol. The first-order chi connectivity index (χ1) is 13.5. The smallest absolute Gasteiger partial charge is 1.00 e. The van der Waals surface area contributed by atoms with Crippen LogP contribution in [-0.2, 0) is 26.2 Å². The van der Waals surface area contributed by atoms with E-state index in [-0.39, 0.29) is 51.0 Å². The quantitative estimate of drug-likeness (QED) is 0.381. The number of allylic oxidation sites excluding steroid dienone is 8. The van der Waals surface area contributed by atoms with Crippen LogP contribution in [0.2, 0.25) is 0 Å². The maximum Gasteiger partial charge on any atom is 2.00 e. The van der Waals surface area contributed by atoms with Crippen LogP contribution in [0.25, 0.3) is 0 Å². The second-order valence-electron chi connectivity index (χ2n) is 8.95. The van der Waals surface area contributed by atoms with Crippen molar-refractivity contribution in [1.29, 1.82) is 0 Å². The van der Waals surface area contributed by atoms with Gasteiger partial charge in [0.2, 0.25) is 0 Å². The first kappa shape index (κ1) is 33.6. The first-order valence-corrected chi connectivity index (χ1v) is 11.4. The molecule has 0 aromatic heterocycles. The molecule has 31 heavy (non-hydrogen) atoms. The molecule has 0 heterocycles. The Balaban J connectivity index is 0. The number of hydrogen-bond acceptors (Lipinski definition) is 0. The van der Waals surface area contributed by atoms with Gasteiger partial charge in [-0.05, 0) is 39.5 Å². The Labute approximate surface area is 225 Å². The Kier molecular flexibility index (Phi) is 19.3. The minimum absolute atomic E-state index is 0. The predicted octanol–water partition coefficient (Wildman–Crippen LogP) is 2.47. The fourth-order valence-corrected chi connectivity index (χ4v) is 4.98. The third-order valence-corrected chi connectivity index (χ3v) is 6.85. The summed E-state index contributed by atoms with van der Waals surface area (Å²) < 4.78 is 0. The normalized spacial score (nSPS) is 27.4. The Hall–Kier alpha value is 0.423. The average Bonchev–Trinajstić information content (AvgIpc) is 3.38. The van der Waals surface area contributed by atoms with Gasteiger partial charge in [-0.15, -0.1) is 11.8 Å².